The number of hydrogen-bond acceptors (Lipinski definition) is 3. The van der Waals surface area contributed by atoms with Gasteiger partial charge in [-0.15, -0.1) is 0 Å². The van der Waals surface area contributed by atoms with Crippen LogP contribution in [0.2, 0.25) is 0 Å². The first-order chi connectivity index (χ1) is 8.86. The van der Waals surface area contributed by atoms with Crippen molar-refractivity contribution in [3.05, 3.63) is 33.8 Å². The van der Waals surface area contributed by atoms with Gasteiger partial charge in [-0.3, -0.25) is 4.79 Å². The number of aryl methyl sites for hydroxylation is 1. The van der Waals surface area contributed by atoms with Gasteiger partial charge in [0.25, 0.3) is 5.91 Å². The van der Waals surface area contributed by atoms with Gasteiger partial charge in [-0.2, -0.15) is 0 Å². The molecule has 0 saturated heterocycles. The molecular weight excluding hydrogens is 310 g/mol. The zero-order chi connectivity index (χ0) is 14.6. The summed E-state index contributed by atoms with van der Waals surface area (Å²) in [5.41, 5.74) is 6.99. The van der Waals surface area contributed by atoms with Crippen LogP contribution in [-0.4, -0.2) is 34.4 Å². The Balaban J connectivity index is 3.09. The molecule has 104 valence electrons. The second kappa shape index (κ2) is 6.56. The lowest BCUT2D eigenvalue weighted by Gasteiger charge is -2.26. The van der Waals surface area contributed by atoms with E-state index in [1.807, 2.05) is 32.9 Å². The van der Waals surface area contributed by atoms with Crippen LogP contribution in [0.3, 0.4) is 0 Å². The molecule has 3 N–H and O–H groups in total. The molecule has 0 aliphatic carbocycles. The highest BCUT2D eigenvalue weighted by Gasteiger charge is 2.21. The zero-order valence-corrected chi connectivity index (χ0v) is 12.8. The lowest BCUT2D eigenvalue weighted by atomic mass is 10.1. The highest BCUT2D eigenvalue weighted by atomic mass is 79.9. The fourth-order valence-corrected chi connectivity index (χ4v) is 2.04. The predicted molar refractivity (Wildman–Crippen MR) is 78.5 cm³/mol. The van der Waals surface area contributed by atoms with E-state index in [0.29, 0.717) is 5.56 Å². The molecule has 0 radical (unpaired) electrons. The van der Waals surface area contributed by atoms with Crippen LogP contribution in [0.1, 0.15) is 29.8 Å². The van der Waals surface area contributed by atoms with Crippen molar-refractivity contribution < 1.29 is 10.0 Å². The first-order valence-corrected chi connectivity index (χ1v) is 6.69. The summed E-state index contributed by atoms with van der Waals surface area (Å²) in [7, 11) is 0. The van der Waals surface area contributed by atoms with Crippen molar-refractivity contribution in [2.75, 3.05) is 6.54 Å². The van der Waals surface area contributed by atoms with E-state index >= 15 is 0 Å². The van der Waals surface area contributed by atoms with E-state index in [0.717, 1.165) is 10.0 Å². The lowest BCUT2D eigenvalue weighted by Crippen LogP contribution is -2.43. The molecule has 0 fully saturated rings. The molecule has 0 heterocycles. The number of nitrogens with two attached hydrogens (primary N) is 1. The summed E-state index contributed by atoms with van der Waals surface area (Å²) in [6, 6.07) is 5.49. The summed E-state index contributed by atoms with van der Waals surface area (Å²) in [4.78, 5) is 14.1. The third-order valence-electron chi connectivity index (χ3n) is 2.78. The Hall–Kier alpha value is -1.56. The largest absolute Gasteiger partial charge is 0.409 e. The number of hydrogen-bond donors (Lipinski definition) is 2. The SMILES string of the molecule is Cc1ccc(Br)cc1C(=O)N(CC(N)=NO)C(C)C. The second-order valence-corrected chi connectivity index (χ2v) is 5.49. The number of halogens is 1. The van der Waals surface area contributed by atoms with Gasteiger partial charge in [0.05, 0.1) is 6.54 Å². The molecule has 0 bridgehead atoms. The van der Waals surface area contributed by atoms with E-state index < -0.39 is 0 Å². The molecule has 0 aromatic heterocycles. The Morgan fingerprint density at radius 2 is 2.16 bits per heavy atom. The first-order valence-electron chi connectivity index (χ1n) is 5.90. The Morgan fingerprint density at radius 1 is 1.53 bits per heavy atom. The molecule has 1 aromatic carbocycles. The number of nitrogens with zero attached hydrogens (tertiary/aromatic N) is 2. The fraction of sp³-hybridized carbons (Fsp3) is 0.385. The average molecular weight is 328 g/mol. The average Bonchev–Trinajstić information content (AvgIpc) is 2.37. The van der Waals surface area contributed by atoms with Crippen molar-refractivity contribution in [1.29, 1.82) is 0 Å². The summed E-state index contributed by atoms with van der Waals surface area (Å²) in [5, 5.41) is 11.6. The summed E-state index contributed by atoms with van der Waals surface area (Å²) in [6.07, 6.45) is 0. The third kappa shape index (κ3) is 3.96. The number of rotatable bonds is 4. The van der Waals surface area contributed by atoms with Crippen LogP contribution in [0, 0.1) is 6.92 Å². The quantitative estimate of drug-likeness (QED) is 0.385. The van der Waals surface area contributed by atoms with Crippen LogP contribution in [0.25, 0.3) is 0 Å². The van der Waals surface area contributed by atoms with Gasteiger partial charge in [0.1, 0.15) is 0 Å². The van der Waals surface area contributed by atoms with Crippen molar-refractivity contribution >= 4 is 27.7 Å². The third-order valence-corrected chi connectivity index (χ3v) is 3.27. The van der Waals surface area contributed by atoms with Gasteiger partial charge in [0.15, 0.2) is 5.84 Å². The van der Waals surface area contributed by atoms with Gasteiger partial charge in [-0.25, -0.2) is 0 Å². The zero-order valence-electron chi connectivity index (χ0n) is 11.2. The van der Waals surface area contributed by atoms with Crippen molar-refractivity contribution in [2.24, 2.45) is 10.9 Å². The Bertz CT molecular complexity index is 501. The monoisotopic (exact) mass is 327 g/mol. The Labute approximate surface area is 121 Å². The molecule has 0 spiro atoms. The van der Waals surface area contributed by atoms with Crippen LogP contribution in [0.4, 0.5) is 0 Å². The van der Waals surface area contributed by atoms with Crippen LogP contribution in [0.5, 0.6) is 0 Å². The molecule has 0 atom stereocenters. The topological polar surface area (TPSA) is 78.9 Å². The van der Waals surface area contributed by atoms with Gasteiger partial charge >= 0.3 is 0 Å². The highest BCUT2D eigenvalue weighted by molar-refractivity contribution is 9.10. The van der Waals surface area contributed by atoms with E-state index in [1.54, 1.807) is 11.0 Å². The molecule has 0 unspecified atom stereocenters. The van der Waals surface area contributed by atoms with Crippen molar-refractivity contribution in [1.82, 2.24) is 4.90 Å². The molecule has 5 nitrogen and oxygen atoms in total. The van der Waals surface area contributed by atoms with Gasteiger partial charge in [0, 0.05) is 16.1 Å². The molecule has 6 heteroatoms. The molecule has 19 heavy (non-hydrogen) atoms. The maximum absolute atomic E-state index is 12.5. The highest BCUT2D eigenvalue weighted by Crippen LogP contribution is 2.18. The minimum Gasteiger partial charge on any atom is -0.409 e. The van der Waals surface area contributed by atoms with E-state index in [4.69, 9.17) is 10.9 Å². The van der Waals surface area contributed by atoms with Crippen LogP contribution < -0.4 is 5.73 Å². The summed E-state index contributed by atoms with van der Waals surface area (Å²) < 4.78 is 0.842. The van der Waals surface area contributed by atoms with Gasteiger partial charge < -0.3 is 15.8 Å². The molecule has 0 aliphatic heterocycles. The van der Waals surface area contributed by atoms with Gasteiger partial charge in [-0.1, -0.05) is 27.2 Å². The fourth-order valence-electron chi connectivity index (χ4n) is 1.67. The maximum Gasteiger partial charge on any atom is 0.254 e. The molecule has 0 aliphatic rings. The van der Waals surface area contributed by atoms with Crippen LogP contribution in [0.15, 0.2) is 27.8 Å². The Kier molecular flexibility index (Phi) is 5.35. The predicted octanol–water partition coefficient (Wildman–Crippen LogP) is 2.35. The Morgan fingerprint density at radius 3 is 2.68 bits per heavy atom. The van der Waals surface area contributed by atoms with Crippen molar-refractivity contribution in [2.45, 2.75) is 26.8 Å². The van der Waals surface area contributed by atoms with E-state index in [-0.39, 0.29) is 24.3 Å². The van der Waals surface area contributed by atoms with E-state index in [1.165, 1.54) is 0 Å². The smallest absolute Gasteiger partial charge is 0.254 e. The summed E-state index contributed by atoms with van der Waals surface area (Å²) >= 11 is 3.36. The van der Waals surface area contributed by atoms with Crippen molar-refractivity contribution in [3.63, 3.8) is 0 Å². The van der Waals surface area contributed by atoms with Gasteiger partial charge in [0.2, 0.25) is 0 Å². The summed E-state index contributed by atoms with van der Waals surface area (Å²) in [6.45, 7) is 5.74. The molecule has 1 amide bonds. The minimum atomic E-state index is -0.139. The number of benzene rings is 1. The second-order valence-electron chi connectivity index (χ2n) is 4.58. The lowest BCUT2D eigenvalue weighted by molar-refractivity contribution is 0.0733. The maximum atomic E-state index is 12.5. The van der Waals surface area contributed by atoms with Crippen LogP contribution >= 0.6 is 15.9 Å². The first kappa shape index (κ1) is 15.5. The molecule has 1 rings (SSSR count). The van der Waals surface area contributed by atoms with Gasteiger partial charge in [-0.05, 0) is 38.5 Å². The van der Waals surface area contributed by atoms with E-state index in [9.17, 15) is 4.79 Å². The standard InChI is InChI=1S/C13H18BrN3O2/c1-8(2)17(7-12(15)16-19)13(18)11-6-10(14)5-4-9(11)3/h4-6,8,19H,7H2,1-3H3,(H2,15,16). The number of carbonyl (C=O) groups excluding carboxylic acids is 1. The summed E-state index contributed by atoms with van der Waals surface area (Å²) in [5.74, 6) is -0.130. The minimum absolute atomic E-state index is 0.00898. The number of oxime groups is 1. The molecular formula is C13H18BrN3O2. The van der Waals surface area contributed by atoms with Crippen LogP contribution in [-0.2, 0) is 0 Å². The van der Waals surface area contributed by atoms with E-state index in [2.05, 4.69) is 21.1 Å². The molecule has 0 saturated carbocycles. The number of amides is 1. The number of amidine groups is 1. The van der Waals surface area contributed by atoms with Crippen molar-refractivity contribution in [3.8, 4) is 0 Å². The number of carbonyl (C=O) groups is 1. The molecule has 1 aromatic rings. The normalized spacial score (nSPS) is 11.7.